The predicted octanol–water partition coefficient (Wildman–Crippen LogP) is 6.34. The first kappa shape index (κ1) is 23.4. The first-order chi connectivity index (χ1) is 15.4. The second kappa shape index (κ2) is 11.4. The standard InChI is InChI=1S/C28H33N3O/c1-20(2)9-10-24-7-6-8-26(17-24)19-32-23(5)15-21(3)16-25-11-12-27(30-18-25)28-29-14-13-22(4)31-28/h6-8,11-17,20H,5,9-10,18-19H2,1-4H3/b21-15-,25-16-. The molecule has 0 spiro atoms. The van der Waals surface area contributed by atoms with E-state index in [4.69, 9.17) is 4.74 Å². The van der Waals surface area contributed by atoms with E-state index in [0.717, 1.165) is 29.0 Å². The molecular weight excluding hydrogens is 394 g/mol. The maximum Gasteiger partial charge on any atom is 0.177 e. The van der Waals surface area contributed by atoms with E-state index < -0.39 is 0 Å². The Morgan fingerprint density at radius 3 is 2.72 bits per heavy atom. The highest BCUT2D eigenvalue weighted by atomic mass is 16.5. The molecule has 0 fully saturated rings. The topological polar surface area (TPSA) is 47.4 Å². The summed E-state index contributed by atoms with van der Waals surface area (Å²) in [5, 5.41) is 0. The number of hydrogen-bond donors (Lipinski definition) is 0. The number of benzene rings is 1. The molecule has 1 aliphatic rings. The molecule has 0 saturated carbocycles. The molecule has 4 nitrogen and oxygen atoms in total. The number of rotatable bonds is 9. The molecule has 1 aromatic carbocycles. The van der Waals surface area contributed by atoms with Crippen molar-refractivity contribution in [2.24, 2.45) is 10.9 Å². The Morgan fingerprint density at radius 1 is 1.19 bits per heavy atom. The monoisotopic (exact) mass is 427 g/mol. The second-order valence-corrected chi connectivity index (χ2v) is 8.67. The normalized spacial score (nSPS) is 15.2. The number of aromatic nitrogens is 2. The van der Waals surface area contributed by atoms with Crippen LogP contribution in [-0.2, 0) is 17.8 Å². The van der Waals surface area contributed by atoms with Crippen LogP contribution in [0.4, 0.5) is 0 Å². The second-order valence-electron chi connectivity index (χ2n) is 8.67. The van der Waals surface area contributed by atoms with Crippen LogP contribution in [-0.4, -0.2) is 22.2 Å². The van der Waals surface area contributed by atoms with Gasteiger partial charge in [0.25, 0.3) is 0 Å². The van der Waals surface area contributed by atoms with E-state index in [1.807, 2.05) is 32.1 Å². The predicted molar refractivity (Wildman–Crippen MR) is 133 cm³/mol. The van der Waals surface area contributed by atoms with Crippen LogP contribution in [0.5, 0.6) is 0 Å². The zero-order chi connectivity index (χ0) is 22.9. The summed E-state index contributed by atoms with van der Waals surface area (Å²) in [6.45, 7) is 13.7. The third kappa shape index (κ3) is 7.45. The molecule has 1 aromatic heterocycles. The van der Waals surface area contributed by atoms with Gasteiger partial charge in [0.15, 0.2) is 5.82 Å². The van der Waals surface area contributed by atoms with E-state index in [-0.39, 0.29) is 0 Å². The van der Waals surface area contributed by atoms with Crippen LogP contribution in [0, 0.1) is 12.8 Å². The van der Waals surface area contributed by atoms with Gasteiger partial charge in [-0.3, -0.25) is 4.99 Å². The van der Waals surface area contributed by atoms with Crippen molar-refractivity contribution < 1.29 is 4.74 Å². The lowest BCUT2D eigenvalue weighted by atomic mass is 10.0. The van der Waals surface area contributed by atoms with Crippen molar-refractivity contribution >= 4 is 5.71 Å². The van der Waals surface area contributed by atoms with Crippen LogP contribution >= 0.6 is 0 Å². The zero-order valence-electron chi connectivity index (χ0n) is 19.6. The maximum absolute atomic E-state index is 5.89. The van der Waals surface area contributed by atoms with Gasteiger partial charge in [-0.05, 0) is 73.1 Å². The van der Waals surface area contributed by atoms with Gasteiger partial charge in [-0.25, -0.2) is 9.97 Å². The van der Waals surface area contributed by atoms with Gasteiger partial charge in [0.2, 0.25) is 0 Å². The lowest BCUT2D eigenvalue weighted by Crippen LogP contribution is -2.09. The Morgan fingerprint density at radius 2 is 2.00 bits per heavy atom. The first-order valence-electron chi connectivity index (χ1n) is 11.2. The van der Waals surface area contributed by atoms with Crippen molar-refractivity contribution in [2.75, 3.05) is 6.54 Å². The number of ether oxygens (including phenoxy) is 1. The molecule has 0 unspecified atom stereocenters. The summed E-state index contributed by atoms with van der Waals surface area (Å²) < 4.78 is 5.89. The van der Waals surface area contributed by atoms with E-state index in [9.17, 15) is 0 Å². The fourth-order valence-corrected chi connectivity index (χ4v) is 3.42. The van der Waals surface area contributed by atoms with Gasteiger partial charge >= 0.3 is 0 Å². The highest BCUT2D eigenvalue weighted by Crippen LogP contribution is 2.15. The summed E-state index contributed by atoms with van der Waals surface area (Å²) in [7, 11) is 0. The SMILES string of the molecule is C=C(/C=C(C)\C=C1\C=CC(c2nccc(C)n2)=NC1)OCc1cccc(CCC(C)C)c1. The van der Waals surface area contributed by atoms with Crippen molar-refractivity contribution in [3.63, 3.8) is 0 Å². The van der Waals surface area contributed by atoms with E-state index in [0.29, 0.717) is 30.7 Å². The van der Waals surface area contributed by atoms with E-state index >= 15 is 0 Å². The van der Waals surface area contributed by atoms with Crippen LogP contribution in [0.15, 0.2) is 89.3 Å². The van der Waals surface area contributed by atoms with Crippen LogP contribution < -0.4 is 0 Å². The summed E-state index contributed by atoms with van der Waals surface area (Å²) >= 11 is 0. The average molecular weight is 428 g/mol. The minimum Gasteiger partial charge on any atom is -0.490 e. The Hall–Kier alpha value is -3.27. The Labute approximate surface area is 192 Å². The van der Waals surface area contributed by atoms with E-state index in [1.54, 1.807) is 6.20 Å². The lowest BCUT2D eigenvalue weighted by Gasteiger charge is -2.10. The van der Waals surface area contributed by atoms with E-state index in [1.165, 1.54) is 17.5 Å². The summed E-state index contributed by atoms with van der Waals surface area (Å²) in [5.41, 5.74) is 6.49. The summed E-state index contributed by atoms with van der Waals surface area (Å²) in [5.74, 6) is 2.04. The number of aliphatic imine (C=N–C) groups is 1. The summed E-state index contributed by atoms with van der Waals surface area (Å²) in [6.07, 6.45) is 12.2. The van der Waals surface area contributed by atoms with Gasteiger partial charge in [0, 0.05) is 11.9 Å². The molecule has 2 heterocycles. The Balaban J connectivity index is 1.53. The van der Waals surface area contributed by atoms with Gasteiger partial charge in [0.05, 0.1) is 6.54 Å². The fraction of sp³-hybridized carbons (Fsp3) is 0.321. The van der Waals surface area contributed by atoms with Crippen LogP contribution in [0.25, 0.3) is 0 Å². The molecule has 0 amide bonds. The number of dihydropyridines is 1. The molecule has 0 aliphatic carbocycles. The molecule has 0 N–H and O–H groups in total. The third-order valence-electron chi connectivity index (χ3n) is 5.14. The maximum atomic E-state index is 5.89. The third-order valence-corrected chi connectivity index (χ3v) is 5.14. The van der Waals surface area contributed by atoms with Crippen molar-refractivity contribution in [1.82, 2.24) is 9.97 Å². The fourth-order valence-electron chi connectivity index (χ4n) is 3.42. The van der Waals surface area contributed by atoms with Crippen molar-refractivity contribution in [3.05, 3.63) is 107 Å². The van der Waals surface area contributed by atoms with Crippen LogP contribution in [0.1, 0.15) is 49.8 Å². The molecule has 32 heavy (non-hydrogen) atoms. The number of nitrogens with zero attached hydrogens (tertiary/aromatic N) is 3. The van der Waals surface area contributed by atoms with Gasteiger partial charge in [0.1, 0.15) is 18.1 Å². The molecule has 3 rings (SSSR count). The quantitative estimate of drug-likeness (QED) is 0.347. The number of allylic oxidation sites excluding steroid dienone is 4. The minimum atomic E-state index is 0.527. The van der Waals surface area contributed by atoms with Crippen LogP contribution in [0.3, 0.4) is 0 Å². The summed E-state index contributed by atoms with van der Waals surface area (Å²) in [4.78, 5) is 13.4. The minimum absolute atomic E-state index is 0.527. The number of aryl methyl sites for hydroxylation is 2. The van der Waals surface area contributed by atoms with Gasteiger partial charge in [-0.2, -0.15) is 0 Å². The molecule has 0 atom stereocenters. The van der Waals surface area contributed by atoms with Gasteiger partial charge < -0.3 is 4.74 Å². The average Bonchev–Trinajstić information content (AvgIpc) is 2.77. The lowest BCUT2D eigenvalue weighted by molar-refractivity contribution is 0.212. The molecular formula is C28H33N3O. The highest BCUT2D eigenvalue weighted by molar-refractivity contribution is 6.07. The molecule has 0 bridgehead atoms. The molecule has 166 valence electrons. The summed E-state index contributed by atoms with van der Waals surface area (Å²) in [6, 6.07) is 10.5. The van der Waals surface area contributed by atoms with Crippen molar-refractivity contribution in [2.45, 2.75) is 47.1 Å². The largest absolute Gasteiger partial charge is 0.490 e. The molecule has 0 saturated heterocycles. The van der Waals surface area contributed by atoms with Crippen molar-refractivity contribution in [3.8, 4) is 0 Å². The molecule has 1 aliphatic heterocycles. The van der Waals surface area contributed by atoms with Crippen molar-refractivity contribution in [1.29, 1.82) is 0 Å². The Kier molecular flexibility index (Phi) is 8.32. The smallest absolute Gasteiger partial charge is 0.177 e. The van der Waals surface area contributed by atoms with Gasteiger partial charge in [-0.1, -0.05) is 56.8 Å². The first-order valence-corrected chi connectivity index (χ1v) is 11.2. The number of hydrogen-bond acceptors (Lipinski definition) is 4. The van der Waals surface area contributed by atoms with Gasteiger partial charge in [-0.15, -0.1) is 0 Å². The highest BCUT2D eigenvalue weighted by Gasteiger charge is 2.08. The molecule has 2 aromatic rings. The van der Waals surface area contributed by atoms with Crippen LogP contribution in [0.2, 0.25) is 0 Å². The zero-order valence-corrected chi connectivity index (χ0v) is 19.6. The Bertz CT molecular complexity index is 1070. The molecule has 4 heteroatoms. The molecule has 0 radical (unpaired) electrons. The van der Waals surface area contributed by atoms with E-state index in [2.05, 4.69) is 71.8 Å².